The Morgan fingerprint density at radius 2 is 1.95 bits per heavy atom. The molecule has 0 saturated carbocycles. The summed E-state index contributed by atoms with van der Waals surface area (Å²) in [7, 11) is 0. The minimum Gasteiger partial charge on any atom is -0.494 e. The molecule has 4 heteroatoms. The third-order valence-corrected chi connectivity index (χ3v) is 3.18. The molecule has 0 spiro atoms. The standard InChI is InChI=1S/C17H27NO3/c1-6-13(5)18-17(19)14-8-9-16(20-7-2)15(10-14)11-21-12(3)4/h8-10,12-13H,6-7,11H2,1-5H3,(H,18,19)/t13-/m1/s1. The van der Waals surface area contributed by atoms with Crippen molar-refractivity contribution < 1.29 is 14.3 Å². The highest BCUT2D eigenvalue weighted by molar-refractivity contribution is 5.94. The number of nitrogens with one attached hydrogen (secondary N) is 1. The van der Waals surface area contributed by atoms with Crippen LogP contribution < -0.4 is 10.1 Å². The lowest BCUT2D eigenvalue weighted by molar-refractivity contribution is 0.0641. The highest BCUT2D eigenvalue weighted by atomic mass is 16.5. The van der Waals surface area contributed by atoms with E-state index in [1.165, 1.54) is 0 Å². The lowest BCUT2D eigenvalue weighted by Crippen LogP contribution is -2.31. The van der Waals surface area contributed by atoms with Crippen LogP contribution in [0.2, 0.25) is 0 Å². The Bertz CT molecular complexity index is 457. The lowest BCUT2D eigenvalue weighted by atomic mass is 10.1. The Morgan fingerprint density at radius 3 is 2.52 bits per heavy atom. The molecule has 21 heavy (non-hydrogen) atoms. The van der Waals surface area contributed by atoms with Crippen LogP contribution in [0.25, 0.3) is 0 Å². The summed E-state index contributed by atoms with van der Waals surface area (Å²) in [6.07, 6.45) is 1.04. The van der Waals surface area contributed by atoms with Gasteiger partial charge < -0.3 is 14.8 Å². The van der Waals surface area contributed by atoms with Gasteiger partial charge in [-0.15, -0.1) is 0 Å². The zero-order chi connectivity index (χ0) is 15.8. The van der Waals surface area contributed by atoms with E-state index in [0.29, 0.717) is 18.8 Å². The van der Waals surface area contributed by atoms with Crippen LogP contribution in [0.1, 0.15) is 57.0 Å². The van der Waals surface area contributed by atoms with Gasteiger partial charge in [0, 0.05) is 17.2 Å². The van der Waals surface area contributed by atoms with Gasteiger partial charge in [-0.3, -0.25) is 4.79 Å². The molecule has 0 radical (unpaired) electrons. The van der Waals surface area contributed by atoms with E-state index in [1.807, 2.05) is 46.8 Å². The quantitative estimate of drug-likeness (QED) is 0.797. The predicted octanol–water partition coefficient (Wildman–Crippen LogP) is 3.54. The average Bonchev–Trinajstić information content (AvgIpc) is 2.46. The Labute approximate surface area is 127 Å². The molecule has 0 aliphatic rings. The molecule has 0 aliphatic carbocycles. The summed E-state index contributed by atoms with van der Waals surface area (Å²) in [4.78, 5) is 12.2. The van der Waals surface area contributed by atoms with Crippen LogP contribution in [0.4, 0.5) is 0 Å². The molecule has 4 nitrogen and oxygen atoms in total. The van der Waals surface area contributed by atoms with Gasteiger partial charge in [0.25, 0.3) is 5.91 Å². The van der Waals surface area contributed by atoms with Gasteiger partial charge in [-0.2, -0.15) is 0 Å². The van der Waals surface area contributed by atoms with Crippen LogP contribution in [0.3, 0.4) is 0 Å². The number of carbonyl (C=O) groups is 1. The van der Waals surface area contributed by atoms with Crippen molar-refractivity contribution in [2.45, 2.75) is 59.8 Å². The van der Waals surface area contributed by atoms with E-state index in [1.54, 1.807) is 6.07 Å². The number of ether oxygens (including phenoxy) is 2. The normalized spacial score (nSPS) is 12.3. The van der Waals surface area contributed by atoms with E-state index < -0.39 is 0 Å². The SMILES string of the molecule is CCOc1ccc(C(=O)N[C@H](C)CC)cc1COC(C)C. The van der Waals surface area contributed by atoms with Crippen LogP contribution in [-0.4, -0.2) is 24.7 Å². The third-order valence-electron chi connectivity index (χ3n) is 3.18. The molecule has 0 heterocycles. The van der Waals surface area contributed by atoms with Crippen molar-refractivity contribution in [1.82, 2.24) is 5.32 Å². The van der Waals surface area contributed by atoms with Gasteiger partial charge in [-0.05, 0) is 52.3 Å². The summed E-state index contributed by atoms with van der Waals surface area (Å²) < 4.78 is 11.2. The summed E-state index contributed by atoms with van der Waals surface area (Å²) in [5, 5.41) is 2.97. The number of amides is 1. The molecule has 1 aromatic carbocycles. The number of hydrogen-bond donors (Lipinski definition) is 1. The van der Waals surface area contributed by atoms with Crippen LogP contribution in [0.15, 0.2) is 18.2 Å². The molecule has 1 rings (SSSR count). The molecule has 1 aromatic rings. The molecule has 0 aromatic heterocycles. The minimum absolute atomic E-state index is 0.0572. The van der Waals surface area contributed by atoms with Gasteiger partial charge in [0.15, 0.2) is 0 Å². The molecule has 0 bridgehead atoms. The maximum Gasteiger partial charge on any atom is 0.251 e. The number of carbonyl (C=O) groups excluding carboxylic acids is 1. The lowest BCUT2D eigenvalue weighted by Gasteiger charge is -2.15. The van der Waals surface area contributed by atoms with Crippen molar-refractivity contribution in [2.75, 3.05) is 6.61 Å². The van der Waals surface area contributed by atoms with E-state index in [-0.39, 0.29) is 18.1 Å². The largest absolute Gasteiger partial charge is 0.494 e. The fourth-order valence-electron chi connectivity index (χ4n) is 1.80. The first-order valence-electron chi connectivity index (χ1n) is 7.66. The predicted molar refractivity (Wildman–Crippen MR) is 84.8 cm³/mol. The first-order valence-corrected chi connectivity index (χ1v) is 7.66. The molecule has 0 fully saturated rings. The van der Waals surface area contributed by atoms with Crippen LogP contribution in [0.5, 0.6) is 5.75 Å². The molecule has 1 atom stereocenters. The number of hydrogen-bond acceptors (Lipinski definition) is 3. The number of rotatable bonds is 8. The average molecular weight is 293 g/mol. The van der Waals surface area contributed by atoms with E-state index >= 15 is 0 Å². The Morgan fingerprint density at radius 1 is 1.24 bits per heavy atom. The van der Waals surface area contributed by atoms with Crippen molar-refractivity contribution >= 4 is 5.91 Å². The molecule has 0 unspecified atom stereocenters. The second kappa shape index (κ2) is 8.67. The van der Waals surface area contributed by atoms with Crippen LogP contribution in [-0.2, 0) is 11.3 Å². The number of benzene rings is 1. The zero-order valence-electron chi connectivity index (χ0n) is 13.7. The van der Waals surface area contributed by atoms with Gasteiger partial charge in [0.2, 0.25) is 0 Å². The van der Waals surface area contributed by atoms with Crippen molar-refractivity contribution in [3.8, 4) is 5.75 Å². The Balaban J connectivity index is 2.91. The summed E-state index contributed by atoms with van der Waals surface area (Å²) in [5.74, 6) is 0.719. The van der Waals surface area contributed by atoms with Crippen molar-refractivity contribution in [1.29, 1.82) is 0 Å². The van der Waals surface area contributed by atoms with Crippen molar-refractivity contribution in [3.05, 3.63) is 29.3 Å². The van der Waals surface area contributed by atoms with E-state index in [2.05, 4.69) is 5.32 Å². The maximum absolute atomic E-state index is 12.2. The first-order chi connectivity index (χ1) is 9.97. The minimum atomic E-state index is -0.0572. The second-order valence-corrected chi connectivity index (χ2v) is 5.40. The smallest absolute Gasteiger partial charge is 0.251 e. The zero-order valence-corrected chi connectivity index (χ0v) is 13.7. The highest BCUT2D eigenvalue weighted by Crippen LogP contribution is 2.22. The molecule has 1 amide bonds. The molecular weight excluding hydrogens is 266 g/mol. The molecule has 118 valence electrons. The van der Waals surface area contributed by atoms with Crippen LogP contribution in [0, 0.1) is 0 Å². The Kier molecular flexibility index (Phi) is 7.23. The van der Waals surface area contributed by atoms with Gasteiger partial charge in [0.1, 0.15) is 5.75 Å². The third kappa shape index (κ3) is 5.76. The van der Waals surface area contributed by atoms with E-state index in [0.717, 1.165) is 17.7 Å². The summed E-state index contributed by atoms with van der Waals surface area (Å²) in [6.45, 7) is 11.0. The monoisotopic (exact) mass is 293 g/mol. The van der Waals surface area contributed by atoms with Crippen molar-refractivity contribution in [3.63, 3.8) is 0 Å². The highest BCUT2D eigenvalue weighted by Gasteiger charge is 2.12. The topological polar surface area (TPSA) is 47.6 Å². The van der Waals surface area contributed by atoms with E-state index in [9.17, 15) is 4.79 Å². The fraction of sp³-hybridized carbons (Fsp3) is 0.588. The van der Waals surface area contributed by atoms with Gasteiger partial charge in [-0.25, -0.2) is 0 Å². The van der Waals surface area contributed by atoms with Gasteiger partial charge >= 0.3 is 0 Å². The maximum atomic E-state index is 12.2. The Hall–Kier alpha value is -1.55. The summed E-state index contributed by atoms with van der Waals surface area (Å²) in [5.41, 5.74) is 1.54. The molecule has 0 aliphatic heterocycles. The first kappa shape index (κ1) is 17.5. The summed E-state index contributed by atoms with van der Waals surface area (Å²) >= 11 is 0. The van der Waals surface area contributed by atoms with Gasteiger partial charge in [0.05, 0.1) is 19.3 Å². The van der Waals surface area contributed by atoms with E-state index in [4.69, 9.17) is 9.47 Å². The molecule has 0 saturated heterocycles. The summed E-state index contributed by atoms with van der Waals surface area (Å²) in [6, 6.07) is 5.65. The van der Waals surface area contributed by atoms with Gasteiger partial charge in [-0.1, -0.05) is 6.92 Å². The fourth-order valence-corrected chi connectivity index (χ4v) is 1.80. The van der Waals surface area contributed by atoms with Crippen molar-refractivity contribution in [2.24, 2.45) is 0 Å². The molecule has 1 N–H and O–H groups in total. The van der Waals surface area contributed by atoms with Crippen LogP contribution >= 0.6 is 0 Å². The molecular formula is C17H27NO3. The second-order valence-electron chi connectivity index (χ2n) is 5.40.